The van der Waals surface area contributed by atoms with Crippen LogP contribution in [0.25, 0.3) is 16.8 Å². The van der Waals surface area contributed by atoms with E-state index in [1.165, 1.54) is 18.4 Å². The number of ether oxygens (including phenoxy) is 2. The summed E-state index contributed by atoms with van der Waals surface area (Å²) in [6.07, 6.45) is 10.4. The zero-order valence-electron chi connectivity index (χ0n) is 15.5. The molecule has 1 N–H and O–H groups in total. The van der Waals surface area contributed by atoms with E-state index in [2.05, 4.69) is 39.6 Å². The Morgan fingerprint density at radius 3 is 2.75 bits per heavy atom. The number of aromatic nitrogens is 3. The number of pyridine rings is 1. The third-order valence-corrected chi connectivity index (χ3v) is 6.10. The molecule has 0 saturated carbocycles. The molecule has 6 heteroatoms. The molecule has 2 bridgehead atoms. The summed E-state index contributed by atoms with van der Waals surface area (Å²) in [4.78, 5) is 8.79. The van der Waals surface area contributed by atoms with Gasteiger partial charge in [0.25, 0.3) is 0 Å². The van der Waals surface area contributed by atoms with Crippen LogP contribution in [0.3, 0.4) is 0 Å². The maximum absolute atomic E-state index is 6.22. The van der Waals surface area contributed by atoms with Gasteiger partial charge in [-0.15, -0.1) is 0 Å². The zero-order chi connectivity index (χ0) is 18.5. The molecular formula is C22H22N4O2. The number of benzene rings is 1. The van der Waals surface area contributed by atoms with Crippen LogP contribution in [0, 0.1) is 0 Å². The highest BCUT2D eigenvalue weighted by Gasteiger charge is 2.34. The fraction of sp³-hybridized carbons (Fsp3) is 0.364. The van der Waals surface area contributed by atoms with Crippen molar-refractivity contribution in [3.8, 4) is 28.6 Å². The second kappa shape index (κ2) is 6.34. The average molecular weight is 374 g/mol. The van der Waals surface area contributed by atoms with Crippen LogP contribution in [-0.4, -0.2) is 32.7 Å². The molecule has 1 aromatic carbocycles. The first-order chi connectivity index (χ1) is 13.8. The monoisotopic (exact) mass is 374 g/mol. The second-order valence-corrected chi connectivity index (χ2v) is 7.95. The standard InChI is InChI=1S/C22H22N4O2/c1-2-16-11-18(10-15(1)24-16)28-21-6-5-20-19-4-3-17(26-8-7-23-13-26)9-14(19)12-27-22(20)25-21/h3-9,13,15-16,18,24H,1-2,10-12H2. The van der Waals surface area contributed by atoms with E-state index in [4.69, 9.17) is 9.47 Å². The van der Waals surface area contributed by atoms with Crippen molar-refractivity contribution in [1.29, 1.82) is 0 Å². The lowest BCUT2D eigenvalue weighted by Crippen LogP contribution is -2.42. The number of nitrogens with zero attached hydrogens (tertiary/aromatic N) is 3. The summed E-state index contributed by atoms with van der Waals surface area (Å²) in [5, 5.41) is 3.65. The lowest BCUT2D eigenvalue weighted by Gasteiger charge is -2.29. The molecule has 0 aliphatic carbocycles. The van der Waals surface area contributed by atoms with Gasteiger partial charge in [0, 0.05) is 41.8 Å². The zero-order valence-corrected chi connectivity index (χ0v) is 15.5. The summed E-state index contributed by atoms with van der Waals surface area (Å²) < 4.78 is 14.2. The van der Waals surface area contributed by atoms with Crippen molar-refractivity contribution >= 4 is 0 Å². The third-order valence-electron chi connectivity index (χ3n) is 6.10. The van der Waals surface area contributed by atoms with Gasteiger partial charge in [0.2, 0.25) is 11.8 Å². The third kappa shape index (κ3) is 2.76. The Labute approximate surface area is 163 Å². The topological polar surface area (TPSA) is 61.2 Å². The van der Waals surface area contributed by atoms with Crippen molar-refractivity contribution in [2.75, 3.05) is 0 Å². The number of hydrogen-bond donors (Lipinski definition) is 1. The largest absolute Gasteiger partial charge is 0.474 e. The highest BCUT2D eigenvalue weighted by molar-refractivity contribution is 5.74. The molecule has 3 aromatic rings. The molecule has 142 valence electrons. The van der Waals surface area contributed by atoms with E-state index in [0.29, 0.717) is 30.5 Å². The number of piperidine rings is 1. The molecule has 2 saturated heterocycles. The van der Waals surface area contributed by atoms with Crippen LogP contribution in [-0.2, 0) is 6.61 Å². The summed E-state index contributed by atoms with van der Waals surface area (Å²) in [6, 6.07) is 11.6. The molecule has 6 rings (SSSR count). The average Bonchev–Trinajstić information content (AvgIpc) is 3.37. The Morgan fingerprint density at radius 2 is 1.93 bits per heavy atom. The first kappa shape index (κ1) is 16.1. The van der Waals surface area contributed by atoms with E-state index < -0.39 is 0 Å². The van der Waals surface area contributed by atoms with Crippen LogP contribution in [0.15, 0.2) is 49.1 Å². The Hall–Kier alpha value is -2.86. The minimum atomic E-state index is 0.248. The predicted octanol–water partition coefficient (Wildman–Crippen LogP) is 3.49. The van der Waals surface area contributed by atoms with Gasteiger partial charge in [0.15, 0.2) is 0 Å². The van der Waals surface area contributed by atoms with Gasteiger partial charge in [-0.2, -0.15) is 4.98 Å². The number of imidazole rings is 1. The van der Waals surface area contributed by atoms with Crippen molar-refractivity contribution in [3.05, 3.63) is 54.6 Å². The van der Waals surface area contributed by atoms with Gasteiger partial charge in [-0.25, -0.2) is 4.98 Å². The number of rotatable bonds is 3. The van der Waals surface area contributed by atoms with Crippen LogP contribution in [0.5, 0.6) is 11.8 Å². The number of hydrogen-bond acceptors (Lipinski definition) is 5. The molecule has 2 fully saturated rings. The molecule has 0 amide bonds. The normalized spacial score (nSPS) is 24.9. The molecule has 5 heterocycles. The van der Waals surface area contributed by atoms with E-state index in [9.17, 15) is 0 Å². The van der Waals surface area contributed by atoms with E-state index in [1.54, 1.807) is 12.5 Å². The smallest absolute Gasteiger partial charge is 0.225 e. The maximum atomic E-state index is 6.22. The number of fused-ring (bicyclic) bond motifs is 5. The Bertz CT molecular complexity index is 1010. The Balaban J connectivity index is 1.26. The molecule has 2 aromatic heterocycles. The van der Waals surface area contributed by atoms with Gasteiger partial charge in [0.05, 0.1) is 6.33 Å². The van der Waals surface area contributed by atoms with Crippen molar-refractivity contribution < 1.29 is 9.47 Å². The Kier molecular flexibility index (Phi) is 3.65. The SMILES string of the molecule is c1cn(-c2ccc3c(c2)COc2nc(OC4CC5CCC(C4)N5)ccc2-3)cn1. The van der Waals surface area contributed by atoms with Crippen LogP contribution in [0.4, 0.5) is 0 Å². The van der Waals surface area contributed by atoms with E-state index in [0.717, 1.165) is 29.7 Å². The highest BCUT2D eigenvalue weighted by atomic mass is 16.5. The molecule has 0 radical (unpaired) electrons. The van der Waals surface area contributed by atoms with Gasteiger partial charge in [-0.1, -0.05) is 6.07 Å². The van der Waals surface area contributed by atoms with Crippen molar-refractivity contribution in [2.24, 2.45) is 0 Å². The van der Waals surface area contributed by atoms with Gasteiger partial charge >= 0.3 is 0 Å². The fourth-order valence-corrected chi connectivity index (χ4v) is 4.76. The molecule has 2 atom stereocenters. The van der Waals surface area contributed by atoms with Gasteiger partial charge in [-0.3, -0.25) is 0 Å². The second-order valence-electron chi connectivity index (χ2n) is 7.95. The molecular weight excluding hydrogens is 352 g/mol. The van der Waals surface area contributed by atoms with Crippen LogP contribution in [0.1, 0.15) is 31.2 Å². The first-order valence-corrected chi connectivity index (χ1v) is 10.00. The van der Waals surface area contributed by atoms with Gasteiger partial charge < -0.3 is 19.4 Å². The van der Waals surface area contributed by atoms with Gasteiger partial charge in [-0.05, 0) is 55.0 Å². The molecule has 0 spiro atoms. The minimum Gasteiger partial charge on any atom is -0.474 e. The lowest BCUT2D eigenvalue weighted by molar-refractivity contribution is 0.130. The van der Waals surface area contributed by atoms with E-state index in [1.807, 2.05) is 16.8 Å². The van der Waals surface area contributed by atoms with Crippen molar-refractivity contribution in [1.82, 2.24) is 19.9 Å². The lowest BCUT2D eigenvalue weighted by atomic mass is 9.98. The predicted molar refractivity (Wildman–Crippen MR) is 105 cm³/mol. The van der Waals surface area contributed by atoms with E-state index in [-0.39, 0.29) is 6.10 Å². The van der Waals surface area contributed by atoms with Crippen molar-refractivity contribution in [3.63, 3.8) is 0 Å². The number of nitrogens with one attached hydrogen (secondary N) is 1. The summed E-state index contributed by atoms with van der Waals surface area (Å²) in [5.41, 5.74) is 4.43. The summed E-state index contributed by atoms with van der Waals surface area (Å²) >= 11 is 0. The summed E-state index contributed by atoms with van der Waals surface area (Å²) in [5.74, 6) is 1.33. The molecule has 3 aliphatic rings. The molecule has 6 nitrogen and oxygen atoms in total. The maximum Gasteiger partial charge on any atom is 0.225 e. The minimum absolute atomic E-state index is 0.248. The van der Waals surface area contributed by atoms with Crippen LogP contribution >= 0.6 is 0 Å². The van der Waals surface area contributed by atoms with E-state index >= 15 is 0 Å². The molecule has 28 heavy (non-hydrogen) atoms. The molecule has 3 aliphatic heterocycles. The Morgan fingerprint density at radius 1 is 1.07 bits per heavy atom. The van der Waals surface area contributed by atoms with Gasteiger partial charge in [0.1, 0.15) is 12.7 Å². The quantitative estimate of drug-likeness (QED) is 0.760. The summed E-state index contributed by atoms with van der Waals surface area (Å²) in [7, 11) is 0. The first-order valence-electron chi connectivity index (χ1n) is 10.00. The van der Waals surface area contributed by atoms with Crippen LogP contribution in [0.2, 0.25) is 0 Å². The molecule has 2 unspecified atom stereocenters. The highest BCUT2D eigenvalue weighted by Crippen LogP contribution is 2.39. The van der Waals surface area contributed by atoms with Crippen LogP contribution < -0.4 is 14.8 Å². The summed E-state index contributed by atoms with van der Waals surface area (Å²) in [6.45, 7) is 0.513. The van der Waals surface area contributed by atoms with Crippen molar-refractivity contribution in [2.45, 2.75) is 50.5 Å². The fourth-order valence-electron chi connectivity index (χ4n) is 4.76.